The van der Waals surface area contributed by atoms with Crippen LogP contribution in [0.4, 0.5) is 0 Å². The van der Waals surface area contributed by atoms with Crippen LogP contribution in [-0.2, 0) is 6.54 Å². The number of nitrogens with two attached hydrogens (primary N) is 1. The van der Waals surface area contributed by atoms with Crippen molar-refractivity contribution < 1.29 is 9.47 Å². The van der Waals surface area contributed by atoms with E-state index in [1.807, 2.05) is 53.9 Å². The Morgan fingerprint density at radius 3 is 1.79 bits per heavy atom. The van der Waals surface area contributed by atoms with Gasteiger partial charge in [0, 0.05) is 58.7 Å². The number of ether oxygens (including phenoxy) is 2. The molecule has 6 aromatic carbocycles. The molecule has 0 aliphatic carbocycles. The van der Waals surface area contributed by atoms with Crippen molar-refractivity contribution in [1.82, 2.24) is 5.32 Å². The molecule has 0 bridgehead atoms. The fraction of sp³-hybridized carbons (Fsp3) is 0.0435. The Bertz CT molecular complexity index is 2790. The van der Waals surface area contributed by atoms with Crippen molar-refractivity contribution in [2.75, 3.05) is 0 Å². The third kappa shape index (κ3) is 4.94. The molecule has 250 valence electrons. The number of fused-ring (bicyclic) bond motifs is 10. The molecule has 4 heterocycles. The number of hydrogen-bond acceptors (Lipinski definition) is 6. The molecule has 0 amide bonds. The Kier molecular flexibility index (Phi) is 7.27. The van der Waals surface area contributed by atoms with Crippen molar-refractivity contribution in [2.24, 2.45) is 5.73 Å². The minimum absolute atomic E-state index is 0.765. The molecule has 4 nitrogen and oxygen atoms in total. The summed E-state index contributed by atoms with van der Waals surface area (Å²) in [7, 11) is 0. The van der Waals surface area contributed by atoms with Gasteiger partial charge in [0.2, 0.25) is 0 Å². The molecular weight excluding hydrogens is 677 g/mol. The zero-order chi connectivity index (χ0) is 34.8. The largest absolute Gasteiger partial charge is 0.456 e. The van der Waals surface area contributed by atoms with Crippen molar-refractivity contribution in [3.8, 4) is 67.5 Å². The van der Waals surface area contributed by atoms with Crippen LogP contribution in [0.5, 0.6) is 23.0 Å². The van der Waals surface area contributed by atoms with E-state index in [4.69, 9.17) is 15.2 Å². The molecule has 0 saturated carbocycles. The summed E-state index contributed by atoms with van der Waals surface area (Å²) in [5.74, 6) is 3.09. The zero-order valence-corrected chi connectivity index (χ0v) is 29.9. The molecule has 2 aliphatic rings. The predicted molar refractivity (Wildman–Crippen MR) is 219 cm³/mol. The second-order valence-corrected chi connectivity index (χ2v) is 15.3. The van der Waals surface area contributed by atoms with E-state index in [0.717, 1.165) is 68.5 Å². The highest BCUT2D eigenvalue weighted by Gasteiger charge is 2.23. The van der Waals surface area contributed by atoms with E-state index in [1.165, 1.54) is 46.6 Å². The Morgan fingerprint density at radius 1 is 0.596 bits per heavy atom. The topological polar surface area (TPSA) is 56.5 Å². The van der Waals surface area contributed by atoms with E-state index < -0.39 is 0 Å². The fourth-order valence-electron chi connectivity index (χ4n) is 7.67. The molecule has 52 heavy (non-hydrogen) atoms. The van der Waals surface area contributed by atoms with E-state index in [1.54, 1.807) is 17.5 Å². The first kappa shape index (κ1) is 30.7. The molecule has 0 unspecified atom stereocenters. The Balaban J connectivity index is 1.20. The maximum atomic E-state index is 7.02. The lowest BCUT2D eigenvalue weighted by molar-refractivity contribution is 0.472. The normalized spacial score (nSPS) is 13.0. The summed E-state index contributed by atoms with van der Waals surface area (Å²) < 4.78 is 16.5. The summed E-state index contributed by atoms with van der Waals surface area (Å²) in [6.07, 6.45) is 7.83. The van der Waals surface area contributed by atoms with Gasteiger partial charge in [-0.25, -0.2) is 0 Å². The number of rotatable bonds is 3. The van der Waals surface area contributed by atoms with Crippen molar-refractivity contribution in [3.05, 3.63) is 155 Å². The maximum absolute atomic E-state index is 7.02. The Hall–Kier alpha value is -6.08. The number of thiophene rings is 2. The molecule has 0 saturated heterocycles. The maximum Gasteiger partial charge on any atom is 0.136 e. The van der Waals surface area contributed by atoms with Crippen molar-refractivity contribution in [3.63, 3.8) is 0 Å². The molecule has 0 spiro atoms. The second kappa shape index (κ2) is 12.3. The fourth-order valence-corrected chi connectivity index (χ4v) is 9.97. The monoisotopic (exact) mass is 708 g/mol. The van der Waals surface area contributed by atoms with E-state index in [0.29, 0.717) is 0 Å². The van der Waals surface area contributed by atoms with Crippen LogP contribution in [0, 0.1) is 6.92 Å². The quantitative estimate of drug-likeness (QED) is 0.192. The first-order valence-corrected chi connectivity index (χ1v) is 19.0. The van der Waals surface area contributed by atoms with Gasteiger partial charge in [-0.2, -0.15) is 0 Å². The zero-order valence-electron chi connectivity index (χ0n) is 28.3. The second-order valence-electron chi connectivity index (χ2n) is 13.1. The molecule has 2 aromatic heterocycles. The lowest BCUT2D eigenvalue weighted by atomic mass is 9.93. The van der Waals surface area contributed by atoms with Crippen LogP contribution in [0.2, 0.25) is 0 Å². The number of nitrogens with one attached hydrogen (secondary N) is 1. The average Bonchev–Trinajstić information content (AvgIpc) is 3.72. The molecule has 6 heteroatoms. The van der Waals surface area contributed by atoms with Gasteiger partial charge in [-0.05, 0) is 113 Å². The van der Waals surface area contributed by atoms with Gasteiger partial charge in [0.15, 0.2) is 0 Å². The molecule has 3 N–H and O–H groups in total. The average molecular weight is 709 g/mol. The van der Waals surface area contributed by atoms with Crippen LogP contribution in [0.3, 0.4) is 0 Å². The van der Waals surface area contributed by atoms with E-state index in [9.17, 15) is 0 Å². The Morgan fingerprint density at radius 2 is 1.15 bits per heavy atom. The standard InChI is InChI=1S/C46H32N2O2S2/c1-27-41(20-22-47)51-43-14-6-10-30(45(27)43)28-16-18-34-35-19-17-29(31-11-7-15-44-46(31)36-26-48-23-21-42(36)52-44)25-40(35)50-38-13-5-3-9-33(38)32-8-2-4-12-37(32)49-39(34)24-28/h2-25,48H,26,47H2,1H3/b22-20-. The van der Waals surface area contributed by atoms with Crippen LogP contribution in [0.25, 0.3) is 76.8 Å². The summed E-state index contributed by atoms with van der Waals surface area (Å²) in [5.41, 5.74) is 16.8. The van der Waals surface area contributed by atoms with Gasteiger partial charge in [-0.3, -0.25) is 0 Å². The van der Waals surface area contributed by atoms with Crippen molar-refractivity contribution in [2.45, 2.75) is 13.5 Å². The molecule has 0 radical (unpaired) electrons. The van der Waals surface area contributed by atoms with Crippen LogP contribution in [0.1, 0.15) is 20.9 Å². The first-order valence-electron chi connectivity index (χ1n) is 17.3. The van der Waals surface area contributed by atoms with Crippen LogP contribution in [-0.4, -0.2) is 0 Å². The van der Waals surface area contributed by atoms with Gasteiger partial charge in [0.25, 0.3) is 0 Å². The summed E-state index contributed by atoms with van der Waals surface area (Å²) in [6, 6.07) is 42.7. The smallest absolute Gasteiger partial charge is 0.136 e. The molecule has 0 atom stereocenters. The molecule has 2 aliphatic heterocycles. The summed E-state index contributed by atoms with van der Waals surface area (Å²) >= 11 is 3.60. The van der Waals surface area contributed by atoms with Crippen molar-refractivity contribution in [1.29, 1.82) is 0 Å². The van der Waals surface area contributed by atoms with Gasteiger partial charge in [-0.15, -0.1) is 22.7 Å². The van der Waals surface area contributed by atoms with Crippen LogP contribution in [0.15, 0.2) is 134 Å². The lowest BCUT2D eigenvalue weighted by Gasteiger charge is -2.22. The summed E-state index contributed by atoms with van der Waals surface area (Å²) in [4.78, 5) is 2.48. The Labute approximate surface area is 309 Å². The molecular formula is C46H32N2O2S2. The minimum atomic E-state index is 0.765. The molecule has 8 aromatic rings. The minimum Gasteiger partial charge on any atom is -0.456 e. The summed E-state index contributed by atoms with van der Waals surface area (Å²) in [5, 5.41) is 5.95. The molecule has 0 fully saturated rings. The van der Waals surface area contributed by atoms with E-state index >= 15 is 0 Å². The lowest BCUT2D eigenvalue weighted by Crippen LogP contribution is -2.08. The molecule has 10 rings (SSSR count). The summed E-state index contributed by atoms with van der Waals surface area (Å²) in [6.45, 7) is 2.99. The highest BCUT2D eigenvalue weighted by molar-refractivity contribution is 7.20. The third-order valence-electron chi connectivity index (χ3n) is 10.1. The van der Waals surface area contributed by atoms with Gasteiger partial charge in [0.05, 0.1) is 0 Å². The van der Waals surface area contributed by atoms with E-state index in [2.05, 4.69) is 109 Å². The highest BCUT2D eigenvalue weighted by atomic mass is 32.1. The van der Waals surface area contributed by atoms with Gasteiger partial charge < -0.3 is 20.5 Å². The first-order chi connectivity index (χ1) is 25.6. The van der Waals surface area contributed by atoms with Crippen molar-refractivity contribution >= 4 is 55.0 Å². The predicted octanol–water partition coefficient (Wildman–Crippen LogP) is 13.0. The number of benzene rings is 6. The SMILES string of the molecule is Cc1c(/C=C\N)sc2cccc(-c3ccc4c(c3)Oc3ccccc3-c3ccccc3Oc3cc(-c5cccc6sc7c(c56)CNC=C7)ccc3-4)c12. The van der Waals surface area contributed by atoms with E-state index in [-0.39, 0.29) is 0 Å². The number of aryl methyl sites for hydroxylation is 1. The number of hydrogen-bond donors (Lipinski definition) is 2. The van der Waals surface area contributed by atoms with Crippen LogP contribution < -0.4 is 20.5 Å². The van der Waals surface area contributed by atoms with Gasteiger partial charge in [-0.1, -0.05) is 72.8 Å². The van der Waals surface area contributed by atoms with Gasteiger partial charge >= 0.3 is 0 Å². The highest BCUT2D eigenvalue weighted by Crippen LogP contribution is 2.50. The van der Waals surface area contributed by atoms with Gasteiger partial charge in [0.1, 0.15) is 23.0 Å². The number of para-hydroxylation sites is 2. The van der Waals surface area contributed by atoms with Crippen LogP contribution >= 0.6 is 22.7 Å². The third-order valence-corrected chi connectivity index (χ3v) is 12.5.